The Labute approximate surface area is 245 Å². The molecule has 10 nitrogen and oxygen atoms in total. The summed E-state index contributed by atoms with van der Waals surface area (Å²) in [4.78, 5) is 21.4. The lowest BCUT2D eigenvalue weighted by atomic mass is 9.77. The number of azide groups is 2. The molecule has 10 heteroatoms. The average molecular weight is 563 g/mol. The maximum atomic E-state index is 13.6. The second kappa shape index (κ2) is 11.2. The average Bonchev–Trinajstić information content (AvgIpc) is 3.33. The van der Waals surface area contributed by atoms with Crippen molar-refractivity contribution in [2.75, 3.05) is 31.1 Å². The Balaban J connectivity index is 1.54. The zero-order valence-corrected chi connectivity index (χ0v) is 24.4. The smallest absolute Gasteiger partial charge is 0.209 e. The molecular formula is C32H34N8O2. The van der Waals surface area contributed by atoms with Crippen LogP contribution in [-0.2, 0) is 15.6 Å². The number of hydrogen-bond donors (Lipinski definition) is 0. The van der Waals surface area contributed by atoms with Crippen LogP contribution in [0.5, 0.6) is 0 Å². The number of rotatable bonds is 10. The van der Waals surface area contributed by atoms with Crippen molar-refractivity contribution in [1.82, 2.24) is 0 Å². The van der Waals surface area contributed by atoms with Crippen molar-refractivity contribution in [1.29, 1.82) is 0 Å². The van der Waals surface area contributed by atoms with Crippen LogP contribution in [-0.4, -0.2) is 42.2 Å². The van der Waals surface area contributed by atoms with Crippen molar-refractivity contribution in [3.05, 3.63) is 115 Å². The van der Waals surface area contributed by atoms with E-state index in [1.165, 1.54) is 0 Å². The molecule has 0 fully saturated rings. The van der Waals surface area contributed by atoms with Gasteiger partial charge in [-0.1, -0.05) is 66.2 Å². The van der Waals surface area contributed by atoms with Gasteiger partial charge in [0.25, 0.3) is 0 Å². The summed E-state index contributed by atoms with van der Waals surface area (Å²) >= 11 is 0. The number of carbonyl (C=O) groups is 1. The summed E-state index contributed by atoms with van der Waals surface area (Å²) in [6.07, 6.45) is 4.79. The van der Waals surface area contributed by atoms with Crippen LogP contribution in [0.4, 0.5) is 11.4 Å². The summed E-state index contributed by atoms with van der Waals surface area (Å²) in [5, 5.41) is 20.9. The Morgan fingerprint density at radius 1 is 0.905 bits per heavy atom. The summed E-state index contributed by atoms with van der Waals surface area (Å²) in [6.45, 7) is 10.3. The molecule has 42 heavy (non-hydrogen) atoms. The molecule has 0 saturated heterocycles. The SMILES string of the molecule is CC1(C)C(=CC2=C([O-])C(=CC3=[N+](CCCN=[N+]=[N-])c4ccccc4C3(C)C)C2=O)N(CCCN=[N+]=[N-])c2ccccc21. The molecule has 0 amide bonds. The number of para-hydroxylation sites is 2. The van der Waals surface area contributed by atoms with E-state index in [0.717, 1.165) is 33.9 Å². The van der Waals surface area contributed by atoms with Crippen molar-refractivity contribution in [3.8, 4) is 0 Å². The van der Waals surface area contributed by atoms with Crippen molar-refractivity contribution in [3.63, 3.8) is 0 Å². The van der Waals surface area contributed by atoms with Crippen LogP contribution >= 0.6 is 0 Å². The molecule has 0 spiro atoms. The van der Waals surface area contributed by atoms with Crippen LogP contribution in [0.25, 0.3) is 20.9 Å². The highest BCUT2D eigenvalue weighted by molar-refractivity contribution is 6.24. The lowest BCUT2D eigenvalue weighted by Gasteiger charge is -2.33. The number of benzene rings is 2. The van der Waals surface area contributed by atoms with Crippen LogP contribution in [0.1, 0.15) is 51.7 Å². The lowest BCUT2D eigenvalue weighted by Crippen LogP contribution is -2.35. The molecule has 0 atom stereocenters. The van der Waals surface area contributed by atoms with Crippen LogP contribution in [0.3, 0.4) is 0 Å². The van der Waals surface area contributed by atoms with Gasteiger partial charge in [0, 0.05) is 81.5 Å². The first-order valence-electron chi connectivity index (χ1n) is 14.2. The van der Waals surface area contributed by atoms with Gasteiger partial charge in [0.2, 0.25) is 5.69 Å². The lowest BCUT2D eigenvalue weighted by molar-refractivity contribution is -0.437. The monoisotopic (exact) mass is 562 g/mol. The van der Waals surface area contributed by atoms with Gasteiger partial charge in [-0.2, -0.15) is 4.58 Å². The third-order valence-corrected chi connectivity index (χ3v) is 8.55. The van der Waals surface area contributed by atoms with E-state index in [0.29, 0.717) is 39.0 Å². The van der Waals surface area contributed by atoms with Crippen molar-refractivity contribution in [2.45, 2.75) is 51.4 Å². The van der Waals surface area contributed by atoms with E-state index in [1.807, 2.05) is 36.4 Å². The molecule has 214 valence electrons. The van der Waals surface area contributed by atoms with E-state index in [4.69, 9.17) is 11.1 Å². The number of Topliss-reactive ketones (excluding diaryl/α,β-unsaturated/α-hetero) is 1. The van der Waals surface area contributed by atoms with Gasteiger partial charge < -0.3 is 10.0 Å². The first kappa shape index (κ1) is 28.7. The van der Waals surface area contributed by atoms with Gasteiger partial charge in [-0.3, -0.25) is 4.79 Å². The quantitative estimate of drug-likeness (QED) is 0.0840. The fraction of sp³-hybridized carbons (Fsp3) is 0.375. The van der Waals surface area contributed by atoms with Crippen LogP contribution in [0, 0.1) is 0 Å². The summed E-state index contributed by atoms with van der Waals surface area (Å²) in [5.41, 5.74) is 22.9. The van der Waals surface area contributed by atoms with Crippen LogP contribution < -0.4 is 10.0 Å². The molecule has 2 heterocycles. The summed E-state index contributed by atoms with van der Waals surface area (Å²) in [5.74, 6) is -0.525. The highest BCUT2D eigenvalue weighted by atomic mass is 16.3. The number of nitrogens with zero attached hydrogens (tertiary/aromatic N) is 8. The minimum Gasteiger partial charge on any atom is -0.871 e. The van der Waals surface area contributed by atoms with Gasteiger partial charge >= 0.3 is 0 Å². The highest BCUT2D eigenvalue weighted by Gasteiger charge is 2.46. The normalized spacial score (nSPS) is 19.9. The summed E-state index contributed by atoms with van der Waals surface area (Å²) in [7, 11) is 0. The molecular weight excluding hydrogens is 528 g/mol. The van der Waals surface area contributed by atoms with E-state index in [-0.39, 0.29) is 22.7 Å². The number of carbonyl (C=O) groups excluding carboxylic acids is 1. The maximum absolute atomic E-state index is 13.6. The molecule has 0 radical (unpaired) electrons. The number of ketones is 1. The van der Waals surface area contributed by atoms with E-state index >= 15 is 0 Å². The fourth-order valence-corrected chi connectivity index (χ4v) is 6.34. The second-order valence-corrected chi connectivity index (χ2v) is 11.7. The largest absolute Gasteiger partial charge is 0.871 e. The Hall–Kier alpha value is -4.78. The Morgan fingerprint density at radius 3 is 2.24 bits per heavy atom. The van der Waals surface area contributed by atoms with Gasteiger partial charge in [-0.05, 0) is 49.0 Å². The molecule has 1 aliphatic carbocycles. The third-order valence-electron chi connectivity index (χ3n) is 8.55. The standard InChI is InChI=1S/C32H34N8O2/c1-31(2)23-11-5-7-13-25(23)39(17-9-15-35-37-33)27(31)19-21-29(41)22(30(21)42)20-28-32(3,4)24-12-6-8-14-26(24)40(28)18-10-16-36-38-34/h5-8,11-14,19-20H,9-10,15-18H2,1-4H3. The van der Waals surface area contributed by atoms with E-state index in [9.17, 15) is 9.90 Å². The predicted molar refractivity (Wildman–Crippen MR) is 162 cm³/mol. The summed E-state index contributed by atoms with van der Waals surface area (Å²) in [6, 6.07) is 16.2. The molecule has 2 aromatic rings. The molecule has 0 aromatic heterocycles. The Bertz CT molecular complexity index is 1680. The van der Waals surface area contributed by atoms with Crippen LogP contribution in [0.15, 0.2) is 93.5 Å². The van der Waals surface area contributed by atoms with E-state index < -0.39 is 10.8 Å². The first-order valence-corrected chi connectivity index (χ1v) is 14.2. The molecule has 0 N–H and O–H groups in total. The van der Waals surface area contributed by atoms with Crippen molar-refractivity contribution >= 4 is 22.9 Å². The van der Waals surface area contributed by atoms with Gasteiger partial charge in [-0.25, -0.2) is 0 Å². The topological polar surface area (TPSA) is 144 Å². The first-order chi connectivity index (χ1) is 20.1. The molecule has 5 rings (SSSR count). The molecule has 0 unspecified atom stereocenters. The van der Waals surface area contributed by atoms with E-state index in [1.54, 1.807) is 12.2 Å². The van der Waals surface area contributed by atoms with E-state index in [2.05, 4.69) is 69.4 Å². The minimum absolute atomic E-state index is 0.181. The molecule has 3 aliphatic rings. The Kier molecular flexibility index (Phi) is 7.69. The zero-order chi connectivity index (χ0) is 30.1. The summed E-state index contributed by atoms with van der Waals surface area (Å²) < 4.78 is 2.13. The third kappa shape index (κ3) is 4.75. The molecule has 0 bridgehead atoms. The van der Waals surface area contributed by atoms with Crippen molar-refractivity contribution < 1.29 is 14.5 Å². The number of fused-ring (bicyclic) bond motifs is 2. The maximum Gasteiger partial charge on any atom is 0.209 e. The van der Waals surface area contributed by atoms with Crippen LogP contribution in [0.2, 0.25) is 0 Å². The van der Waals surface area contributed by atoms with Gasteiger partial charge in [-0.15, -0.1) is 0 Å². The van der Waals surface area contributed by atoms with Gasteiger partial charge in [0.1, 0.15) is 6.54 Å². The van der Waals surface area contributed by atoms with Gasteiger partial charge in [0.05, 0.1) is 5.41 Å². The predicted octanol–water partition coefficient (Wildman–Crippen LogP) is 6.27. The molecule has 0 saturated carbocycles. The fourth-order valence-electron chi connectivity index (χ4n) is 6.34. The number of hydrogen-bond acceptors (Lipinski definition) is 5. The molecule has 2 aliphatic heterocycles. The highest BCUT2D eigenvalue weighted by Crippen LogP contribution is 2.49. The molecule has 2 aromatic carbocycles. The number of anilines is 1. The minimum atomic E-state index is -0.422. The second-order valence-electron chi connectivity index (χ2n) is 11.7. The Morgan fingerprint density at radius 2 is 1.55 bits per heavy atom. The number of allylic oxidation sites excluding steroid dienone is 5. The van der Waals surface area contributed by atoms with Crippen molar-refractivity contribution in [2.24, 2.45) is 10.2 Å². The van der Waals surface area contributed by atoms with Gasteiger partial charge in [0.15, 0.2) is 11.5 Å². The zero-order valence-electron chi connectivity index (χ0n) is 24.4.